The lowest BCUT2D eigenvalue weighted by atomic mass is 10.2. The van der Waals surface area contributed by atoms with Gasteiger partial charge in [0.2, 0.25) is 0 Å². The van der Waals surface area contributed by atoms with Crippen LogP contribution in [0.15, 0.2) is 6.07 Å². The molecule has 1 fully saturated rings. The number of hydrogen-bond acceptors (Lipinski definition) is 4. The first-order valence-electron chi connectivity index (χ1n) is 8.02. The molecule has 0 radical (unpaired) electrons. The first kappa shape index (κ1) is 17.3. The first-order chi connectivity index (χ1) is 10.2. The van der Waals surface area contributed by atoms with Gasteiger partial charge in [0, 0.05) is 28.4 Å². The molecule has 1 amide bonds. The minimum atomic E-state index is -0.435. The highest BCUT2D eigenvalue weighted by Gasteiger charge is 2.27. The zero-order valence-electron chi connectivity index (χ0n) is 14.3. The molecule has 1 heterocycles. The first-order valence-corrected chi connectivity index (χ1v) is 8.83. The van der Waals surface area contributed by atoms with Crippen LogP contribution < -0.4 is 10.6 Å². The van der Waals surface area contributed by atoms with Gasteiger partial charge >= 0.3 is 6.09 Å². The summed E-state index contributed by atoms with van der Waals surface area (Å²) in [5, 5.41) is 6.59. The standard InChI is InChI=1S/C17H28N2O2S/c1-11-8-15(22-12(11)2)10-18-13-6-7-14(9-13)19-16(20)21-17(3,4)5/h8,13-14,18H,6-7,9-10H2,1-5H3,(H,19,20). The number of thiophene rings is 1. The van der Waals surface area contributed by atoms with Gasteiger partial charge in [0.15, 0.2) is 0 Å². The van der Waals surface area contributed by atoms with Gasteiger partial charge in [-0.15, -0.1) is 11.3 Å². The molecule has 22 heavy (non-hydrogen) atoms. The molecule has 5 heteroatoms. The van der Waals surface area contributed by atoms with Crippen LogP contribution in [0.1, 0.15) is 55.4 Å². The molecular formula is C17H28N2O2S. The Morgan fingerprint density at radius 2 is 2.00 bits per heavy atom. The third-order valence-corrected chi connectivity index (χ3v) is 5.09. The predicted octanol–water partition coefficient (Wildman–Crippen LogP) is 3.90. The summed E-state index contributed by atoms with van der Waals surface area (Å²) in [5.41, 5.74) is 0.938. The van der Waals surface area contributed by atoms with Crippen LogP contribution in [0.5, 0.6) is 0 Å². The third-order valence-electron chi connectivity index (χ3n) is 3.94. The second-order valence-corrected chi connectivity index (χ2v) is 8.53. The van der Waals surface area contributed by atoms with Crippen LogP contribution in [0.25, 0.3) is 0 Å². The summed E-state index contributed by atoms with van der Waals surface area (Å²) in [6.45, 7) is 10.9. The van der Waals surface area contributed by atoms with Gasteiger partial charge in [-0.3, -0.25) is 0 Å². The Labute approximate surface area is 137 Å². The fourth-order valence-electron chi connectivity index (χ4n) is 2.75. The number of carbonyl (C=O) groups excluding carboxylic acids is 1. The van der Waals surface area contributed by atoms with Gasteiger partial charge in [0.1, 0.15) is 5.60 Å². The topological polar surface area (TPSA) is 50.4 Å². The van der Waals surface area contributed by atoms with E-state index in [2.05, 4.69) is 30.5 Å². The van der Waals surface area contributed by atoms with Crippen molar-refractivity contribution < 1.29 is 9.53 Å². The fraction of sp³-hybridized carbons (Fsp3) is 0.706. The van der Waals surface area contributed by atoms with Crippen LogP contribution in [0.4, 0.5) is 4.79 Å². The fourth-order valence-corrected chi connectivity index (χ4v) is 3.76. The molecule has 4 nitrogen and oxygen atoms in total. The Balaban J connectivity index is 1.72. The van der Waals surface area contributed by atoms with Crippen molar-refractivity contribution >= 4 is 17.4 Å². The molecule has 0 bridgehead atoms. The van der Waals surface area contributed by atoms with Crippen LogP contribution >= 0.6 is 11.3 Å². The Kier molecular flexibility index (Phi) is 5.50. The van der Waals surface area contributed by atoms with Gasteiger partial charge in [-0.1, -0.05) is 0 Å². The van der Waals surface area contributed by atoms with Gasteiger partial charge in [0.05, 0.1) is 0 Å². The number of alkyl carbamates (subject to hydrolysis) is 1. The molecule has 2 atom stereocenters. The molecule has 2 unspecified atom stereocenters. The summed E-state index contributed by atoms with van der Waals surface area (Å²) in [5.74, 6) is 0. The van der Waals surface area contributed by atoms with Crippen molar-refractivity contribution in [2.24, 2.45) is 0 Å². The number of hydrogen-bond donors (Lipinski definition) is 2. The van der Waals surface area contributed by atoms with Crippen LogP contribution in [0, 0.1) is 13.8 Å². The lowest BCUT2D eigenvalue weighted by Gasteiger charge is -2.21. The molecule has 2 N–H and O–H groups in total. The highest BCUT2D eigenvalue weighted by atomic mass is 32.1. The van der Waals surface area contributed by atoms with Crippen molar-refractivity contribution in [3.8, 4) is 0 Å². The molecule has 124 valence electrons. The molecule has 1 aliphatic carbocycles. The van der Waals surface area contributed by atoms with Crippen LogP contribution in [0.3, 0.4) is 0 Å². The molecule has 1 saturated carbocycles. The molecule has 0 saturated heterocycles. The maximum atomic E-state index is 11.8. The van der Waals surface area contributed by atoms with E-state index in [0.29, 0.717) is 6.04 Å². The zero-order chi connectivity index (χ0) is 16.3. The Bertz CT molecular complexity index is 500. The lowest BCUT2D eigenvalue weighted by Crippen LogP contribution is -2.38. The lowest BCUT2D eigenvalue weighted by molar-refractivity contribution is 0.0505. The van der Waals surface area contributed by atoms with Crippen LogP contribution in [-0.4, -0.2) is 23.8 Å². The molecule has 1 aromatic rings. The average Bonchev–Trinajstić information content (AvgIpc) is 2.92. The molecular weight excluding hydrogens is 296 g/mol. The summed E-state index contributed by atoms with van der Waals surface area (Å²) in [6.07, 6.45) is 2.79. The molecule has 0 spiro atoms. The van der Waals surface area contributed by atoms with Gasteiger partial charge in [-0.05, 0) is 65.5 Å². The van der Waals surface area contributed by atoms with E-state index >= 15 is 0 Å². The maximum absolute atomic E-state index is 11.8. The second kappa shape index (κ2) is 7.01. The minimum absolute atomic E-state index is 0.221. The van der Waals surface area contributed by atoms with E-state index in [1.54, 1.807) is 0 Å². The number of aryl methyl sites for hydroxylation is 2. The van der Waals surface area contributed by atoms with Gasteiger partial charge in [-0.25, -0.2) is 4.79 Å². The molecule has 1 aliphatic rings. The number of nitrogens with one attached hydrogen (secondary N) is 2. The van der Waals surface area contributed by atoms with Crippen molar-refractivity contribution in [1.29, 1.82) is 0 Å². The van der Waals surface area contributed by atoms with E-state index in [1.807, 2.05) is 32.1 Å². The van der Waals surface area contributed by atoms with Crippen LogP contribution in [-0.2, 0) is 11.3 Å². The van der Waals surface area contributed by atoms with E-state index in [0.717, 1.165) is 25.8 Å². The maximum Gasteiger partial charge on any atom is 0.407 e. The quantitative estimate of drug-likeness (QED) is 0.883. The van der Waals surface area contributed by atoms with Crippen molar-refractivity contribution in [2.75, 3.05) is 0 Å². The van der Waals surface area contributed by atoms with Gasteiger partial charge in [-0.2, -0.15) is 0 Å². The summed E-state index contributed by atoms with van der Waals surface area (Å²) in [6, 6.07) is 2.96. The molecule has 0 aromatic carbocycles. The van der Waals surface area contributed by atoms with E-state index in [9.17, 15) is 4.79 Å². The summed E-state index contributed by atoms with van der Waals surface area (Å²) >= 11 is 1.86. The Morgan fingerprint density at radius 3 is 2.59 bits per heavy atom. The largest absolute Gasteiger partial charge is 0.444 e. The monoisotopic (exact) mass is 324 g/mol. The minimum Gasteiger partial charge on any atom is -0.444 e. The van der Waals surface area contributed by atoms with Crippen molar-refractivity contribution in [3.63, 3.8) is 0 Å². The van der Waals surface area contributed by atoms with E-state index in [4.69, 9.17) is 4.74 Å². The molecule has 0 aliphatic heterocycles. The summed E-state index contributed by atoms with van der Waals surface area (Å²) in [7, 11) is 0. The second-order valence-electron chi connectivity index (χ2n) is 7.19. The van der Waals surface area contributed by atoms with Crippen molar-refractivity contribution in [3.05, 3.63) is 21.4 Å². The third kappa shape index (κ3) is 5.29. The Hall–Kier alpha value is -1.07. The Morgan fingerprint density at radius 1 is 1.32 bits per heavy atom. The number of ether oxygens (including phenoxy) is 1. The smallest absolute Gasteiger partial charge is 0.407 e. The van der Waals surface area contributed by atoms with Crippen LogP contribution in [0.2, 0.25) is 0 Å². The van der Waals surface area contributed by atoms with E-state index in [1.165, 1.54) is 15.3 Å². The van der Waals surface area contributed by atoms with Crippen molar-refractivity contribution in [1.82, 2.24) is 10.6 Å². The summed E-state index contributed by atoms with van der Waals surface area (Å²) in [4.78, 5) is 14.6. The number of amides is 1. The highest BCUT2D eigenvalue weighted by Crippen LogP contribution is 2.23. The zero-order valence-corrected chi connectivity index (χ0v) is 15.1. The number of carbonyl (C=O) groups is 1. The summed E-state index contributed by atoms with van der Waals surface area (Å²) < 4.78 is 5.31. The van der Waals surface area contributed by atoms with Gasteiger partial charge < -0.3 is 15.4 Å². The van der Waals surface area contributed by atoms with Crippen molar-refractivity contribution in [2.45, 2.75) is 78.1 Å². The molecule has 2 rings (SSSR count). The SMILES string of the molecule is Cc1cc(CNC2CCC(NC(=O)OC(C)(C)C)C2)sc1C. The number of rotatable bonds is 4. The van der Waals surface area contributed by atoms with E-state index in [-0.39, 0.29) is 12.1 Å². The van der Waals surface area contributed by atoms with Gasteiger partial charge in [0.25, 0.3) is 0 Å². The molecule has 1 aromatic heterocycles. The highest BCUT2D eigenvalue weighted by molar-refractivity contribution is 7.12. The predicted molar refractivity (Wildman–Crippen MR) is 91.4 cm³/mol. The average molecular weight is 324 g/mol. The normalized spacial score (nSPS) is 21.9. The van der Waals surface area contributed by atoms with E-state index < -0.39 is 5.60 Å².